The van der Waals surface area contributed by atoms with Gasteiger partial charge in [-0.15, -0.1) is 0 Å². The molecule has 1 aliphatic rings. The van der Waals surface area contributed by atoms with Gasteiger partial charge in [0.1, 0.15) is 24.4 Å². The highest BCUT2D eigenvalue weighted by molar-refractivity contribution is 5.73. The van der Waals surface area contributed by atoms with Crippen LogP contribution in [-0.4, -0.2) is 63.6 Å². The van der Waals surface area contributed by atoms with Crippen molar-refractivity contribution in [1.82, 2.24) is 5.32 Å². The molecule has 0 spiro atoms. The minimum atomic E-state index is -1.45. The molecule has 0 bridgehead atoms. The molecular formula is C8H15NO6. The van der Waals surface area contributed by atoms with Gasteiger partial charge in [-0.1, -0.05) is 0 Å². The normalized spacial score (nSPS) is 41.3. The first kappa shape index (κ1) is 12.3. The molecule has 0 aromatic heterocycles. The van der Waals surface area contributed by atoms with Gasteiger partial charge in [0.05, 0.1) is 6.61 Å². The van der Waals surface area contributed by atoms with E-state index in [-0.39, 0.29) is 0 Å². The fraction of sp³-hybridized carbons (Fsp3) is 0.875. The van der Waals surface area contributed by atoms with Gasteiger partial charge < -0.3 is 30.5 Å². The van der Waals surface area contributed by atoms with Crippen LogP contribution in [0.1, 0.15) is 6.92 Å². The average molecular weight is 221 g/mol. The van der Waals surface area contributed by atoms with Crippen molar-refractivity contribution < 1.29 is 30.0 Å². The molecule has 0 aliphatic carbocycles. The number of amides is 1. The Hall–Kier alpha value is -0.730. The molecule has 88 valence electrons. The van der Waals surface area contributed by atoms with E-state index in [2.05, 4.69) is 5.32 Å². The largest absolute Gasteiger partial charge is 0.394 e. The van der Waals surface area contributed by atoms with Gasteiger partial charge in [0.15, 0.2) is 6.29 Å². The van der Waals surface area contributed by atoms with Gasteiger partial charge in [-0.05, 0) is 0 Å². The first-order valence-corrected chi connectivity index (χ1v) is 4.55. The van der Waals surface area contributed by atoms with Crippen molar-refractivity contribution in [2.75, 3.05) is 6.61 Å². The molecule has 0 radical (unpaired) electrons. The molecule has 7 nitrogen and oxygen atoms in total. The maximum Gasteiger partial charge on any atom is 0.217 e. The first-order chi connectivity index (χ1) is 6.97. The third-order valence-electron chi connectivity index (χ3n) is 2.27. The standard InChI is InChI=1S/C8H15NO6/c1-3(11)9-5-7(13)6(12)4(2-10)15-8(5)14/h4-8,10,12-14H,2H2,1H3,(H,9,11)/t4?,5-,6+,7+,8+/m0/s1. The highest BCUT2D eigenvalue weighted by Crippen LogP contribution is 2.19. The number of hydrogen-bond donors (Lipinski definition) is 5. The SMILES string of the molecule is CC(=O)N[C@H]1[C@@H](O)[C@H](O)C(CO)O[C@H]1O. The van der Waals surface area contributed by atoms with Crippen molar-refractivity contribution in [3.63, 3.8) is 0 Å². The Labute approximate surface area is 86.3 Å². The van der Waals surface area contributed by atoms with E-state index in [0.29, 0.717) is 0 Å². The lowest BCUT2D eigenvalue weighted by molar-refractivity contribution is -0.253. The summed E-state index contributed by atoms with van der Waals surface area (Å²) < 4.78 is 4.81. The molecule has 0 saturated carbocycles. The van der Waals surface area contributed by atoms with Crippen LogP contribution >= 0.6 is 0 Å². The third kappa shape index (κ3) is 2.64. The van der Waals surface area contributed by atoms with Crippen molar-refractivity contribution in [3.05, 3.63) is 0 Å². The summed E-state index contributed by atoms with van der Waals surface area (Å²) >= 11 is 0. The lowest BCUT2D eigenvalue weighted by Gasteiger charge is -2.40. The molecule has 1 saturated heterocycles. The van der Waals surface area contributed by atoms with E-state index in [4.69, 9.17) is 9.84 Å². The van der Waals surface area contributed by atoms with Gasteiger partial charge in [0.25, 0.3) is 0 Å². The lowest BCUT2D eigenvalue weighted by atomic mass is 9.97. The summed E-state index contributed by atoms with van der Waals surface area (Å²) in [6.45, 7) is 0.687. The molecule has 1 unspecified atom stereocenters. The average Bonchev–Trinajstić information content (AvgIpc) is 2.18. The summed E-state index contributed by atoms with van der Waals surface area (Å²) in [5.74, 6) is -0.462. The number of rotatable bonds is 2. The van der Waals surface area contributed by atoms with Crippen LogP contribution in [0.25, 0.3) is 0 Å². The van der Waals surface area contributed by atoms with E-state index in [0.717, 1.165) is 0 Å². The Bertz CT molecular complexity index is 235. The second-order valence-corrected chi connectivity index (χ2v) is 3.46. The van der Waals surface area contributed by atoms with Crippen LogP contribution < -0.4 is 5.32 Å². The Morgan fingerprint density at radius 3 is 2.40 bits per heavy atom. The minimum Gasteiger partial charge on any atom is -0.394 e. The fourth-order valence-electron chi connectivity index (χ4n) is 1.49. The van der Waals surface area contributed by atoms with Crippen LogP contribution in [0.2, 0.25) is 0 Å². The number of nitrogens with one attached hydrogen (secondary N) is 1. The van der Waals surface area contributed by atoms with Crippen molar-refractivity contribution in [1.29, 1.82) is 0 Å². The van der Waals surface area contributed by atoms with Gasteiger partial charge in [0, 0.05) is 6.92 Å². The van der Waals surface area contributed by atoms with E-state index in [1.54, 1.807) is 0 Å². The molecular weight excluding hydrogens is 206 g/mol. The molecule has 15 heavy (non-hydrogen) atoms. The Balaban J connectivity index is 2.70. The molecule has 0 aromatic rings. The Kier molecular flexibility index (Phi) is 4.00. The van der Waals surface area contributed by atoms with E-state index < -0.39 is 43.2 Å². The predicted molar refractivity (Wildman–Crippen MR) is 47.6 cm³/mol. The number of ether oxygens (including phenoxy) is 1. The second kappa shape index (κ2) is 4.86. The number of aliphatic hydroxyl groups is 4. The topological polar surface area (TPSA) is 119 Å². The minimum absolute atomic E-state index is 0.462. The van der Waals surface area contributed by atoms with Crippen LogP contribution in [0.4, 0.5) is 0 Å². The summed E-state index contributed by atoms with van der Waals surface area (Å²) in [6, 6.07) is -1.10. The molecule has 1 fully saturated rings. The van der Waals surface area contributed by atoms with Gasteiger partial charge >= 0.3 is 0 Å². The van der Waals surface area contributed by atoms with E-state index in [9.17, 15) is 20.1 Å². The fourth-order valence-corrected chi connectivity index (χ4v) is 1.49. The van der Waals surface area contributed by atoms with E-state index >= 15 is 0 Å². The highest BCUT2D eigenvalue weighted by atomic mass is 16.6. The molecule has 0 aromatic carbocycles. The van der Waals surface area contributed by atoms with Crippen LogP contribution in [0.3, 0.4) is 0 Å². The highest BCUT2D eigenvalue weighted by Gasteiger charge is 2.43. The second-order valence-electron chi connectivity index (χ2n) is 3.46. The van der Waals surface area contributed by atoms with Crippen molar-refractivity contribution >= 4 is 5.91 Å². The molecule has 7 heteroatoms. The van der Waals surface area contributed by atoms with Crippen LogP contribution in [0.15, 0.2) is 0 Å². The van der Waals surface area contributed by atoms with Crippen LogP contribution in [-0.2, 0) is 9.53 Å². The summed E-state index contributed by atoms with van der Waals surface area (Å²) in [5.41, 5.74) is 0. The van der Waals surface area contributed by atoms with Gasteiger partial charge in [-0.3, -0.25) is 4.79 Å². The molecule has 1 aliphatic heterocycles. The predicted octanol–water partition coefficient (Wildman–Crippen LogP) is -3.08. The van der Waals surface area contributed by atoms with Gasteiger partial charge in [0.2, 0.25) is 5.91 Å². The van der Waals surface area contributed by atoms with Crippen LogP contribution in [0.5, 0.6) is 0 Å². The Morgan fingerprint density at radius 2 is 1.93 bits per heavy atom. The molecule has 5 N–H and O–H groups in total. The zero-order chi connectivity index (χ0) is 11.6. The van der Waals surface area contributed by atoms with E-state index in [1.807, 2.05) is 0 Å². The van der Waals surface area contributed by atoms with Gasteiger partial charge in [-0.25, -0.2) is 0 Å². The van der Waals surface area contributed by atoms with Crippen LogP contribution in [0, 0.1) is 0 Å². The molecule has 1 rings (SSSR count). The molecule has 1 heterocycles. The first-order valence-electron chi connectivity index (χ1n) is 4.55. The number of carbonyl (C=O) groups excluding carboxylic acids is 1. The van der Waals surface area contributed by atoms with Crippen molar-refractivity contribution in [3.8, 4) is 0 Å². The monoisotopic (exact) mass is 221 g/mol. The van der Waals surface area contributed by atoms with Crippen molar-refractivity contribution in [2.45, 2.75) is 37.6 Å². The zero-order valence-electron chi connectivity index (χ0n) is 8.20. The summed E-state index contributed by atoms with van der Waals surface area (Å²) in [6.07, 6.45) is -5.24. The lowest BCUT2D eigenvalue weighted by Crippen LogP contribution is -2.63. The summed E-state index contributed by atoms with van der Waals surface area (Å²) in [7, 11) is 0. The summed E-state index contributed by atoms with van der Waals surface area (Å²) in [5, 5.41) is 39.4. The zero-order valence-corrected chi connectivity index (χ0v) is 8.20. The number of hydrogen-bond acceptors (Lipinski definition) is 6. The molecule has 5 atom stereocenters. The third-order valence-corrected chi connectivity index (χ3v) is 2.27. The maximum atomic E-state index is 10.7. The quantitative estimate of drug-likeness (QED) is 0.337. The Morgan fingerprint density at radius 1 is 1.33 bits per heavy atom. The smallest absolute Gasteiger partial charge is 0.217 e. The molecule has 1 amide bonds. The summed E-state index contributed by atoms with van der Waals surface area (Å²) in [4.78, 5) is 10.7. The van der Waals surface area contributed by atoms with Gasteiger partial charge in [-0.2, -0.15) is 0 Å². The number of carbonyl (C=O) groups is 1. The maximum absolute atomic E-state index is 10.7. The van der Waals surface area contributed by atoms with E-state index in [1.165, 1.54) is 6.92 Å². The number of aliphatic hydroxyl groups excluding tert-OH is 4. The van der Waals surface area contributed by atoms with Crippen molar-refractivity contribution in [2.24, 2.45) is 0 Å².